The van der Waals surface area contributed by atoms with Crippen LogP contribution in [-0.2, 0) is 29.1 Å². The standard InChI is InChI=1S/C29H29Cl2N3O3S/c1-2-19-8-7-9-23-21(16-33(27(19)23)18-26(35)32-12-5-3-4-6-13-32)14-25-28(36)34(29(37)38-25)17-20-10-11-22(30)15-24(20)31/h7-11,14-16H,2-6,12-13,17-18H2,1H3/b25-14-. The molecule has 3 heterocycles. The first-order valence-corrected chi connectivity index (χ1v) is 14.5. The average Bonchev–Trinajstić information content (AvgIpc) is 3.21. The van der Waals surface area contributed by atoms with E-state index in [1.165, 1.54) is 17.7 Å². The van der Waals surface area contributed by atoms with E-state index in [4.69, 9.17) is 23.2 Å². The third kappa shape index (κ3) is 5.51. The zero-order valence-electron chi connectivity index (χ0n) is 21.2. The Labute approximate surface area is 236 Å². The summed E-state index contributed by atoms with van der Waals surface area (Å²) in [6, 6.07) is 11.1. The number of rotatable bonds is 6. The van der Waals surface area contributed by atoms with Gasteiger partial charge in [0.1, 0.15) is 6.54 Å². The maximum absolute atomic E-state index is 13.3. The minimum Gasteiger partial charge on any atom is -0.341 e. The zero-order valence-corrected chi connectivity index (χ0v) is 23.5. The summed E-state index contributed by atoms with van der Waals surface area (Å²) >= 11 is 13.2. The Hall–Kier alpha value is -2.74. The summed E-state index contributed by atoms with van der Waals surface area (Å²) in [5, 5.41) is 1.51. The summed E-state index contributed by atoms with van der Waals surface area (Å²) in [4.78, 5) is 42.8. The van der Waals surface area contributed by atoms with Crippen LogP contribution in [0.1, 0.15) is 49.3 Å². The van der Waals surface area contributed by atoms with Gasteiger partial charge in [0.2, 0.25) is 5.91 Å². The van der Waals surface area contributed by atoms with Crippen LogP contribution in [0.5, 0.6) is 0 Å². The molecule has 3 aromatic rings. The number of aromatic nitrogens is 1. The van der Waals surface area contributed by atoms with Crippen LogP contribution in [0.15, 0.2) is 47.5 Å². The molecule has 2 aromatic carbocycles. The summed E-state index contributed by atoms with van der Waals surface area (Å²) in [6.07, 6.45) is 8.94. The number of carbonyl (C=O) groups excluding carboxylic acids is 3. The first kappa shape index (κ1) is 26.9. The van der Waals surface area contributed by atoms with E-state index < -0.39 is 0 Å². The van der Waals surface area contributed by atoms with Crippen LogP contribution >= 0.6 is 35.0 Å². The Morgan fingerprint density at radius 2 is 1.79 bits per heavy atom. The number of nitrogens with zero attached hydrogens (tertiary/aromatic N) is 3. The molecule has 0 atom stereocenters. The molecule has 2 fully saturated rings. The molecule has 2 saturated heterocycles. The van der Waals surface area contributed by atoms with Gasteiger partial charge in [-0.15, -0.1) is 0 Å². The number of benzene rings is 2. The second-order valence-electron chi connectivity index (χ2n) is 9.68. The van der Waals surface area contributed by atoms with Crippen LogP contribution in [0.4, 0.5) is 4.79 Å². The Morgan fingerprint density at radius 3 is 2.50 bits per heavy atom. The molecule has 0 unspecified atom stereocenters. The van der Waals surface area contributed by atoms with Gasteiger partial charge in [-0.1, -0.05) is 67.2 Å². The van der Waals surface area contributed by atoms with Crippen molar-refractivity contribution in [3.63, 3.8) is 0 Å². The van der Waals surface area contributed by atoms with Crippen molar-refractivity contribution in [3.8, 4) is 0 Å². The number of hydrogen-bond donors (Lipinski definition) is 0. The third-order valence-corrected chi connectivity index (χ3v) is 8.66. The number of amides is 3. The molecule has 6 nitrogen and oxygen atoms in total. The molecule has 198 valence electrons. The van der Waals surface area contributed by atoms with Gasteiger partial charge in [-0.3, -0.25) is 19.3 Å². The second-order valence-corrected chi connectivity index (χ2v) is 11.5. The predicted molar refractivity (Wildman–Crippen MR) is 154 cm³/mol. The molecular weight excluding hydrogens is 541 g/mol. The number of hydrogen-bond acceptors (Lipinski definition) is 4. The van der Waals surface area contributed by atoms with E-state index in [0.29, 0.717) is 20.5 Å². The van der Waals surface area contributed by atoms with Gasteiger partial charge in [-0.2, -0.15) is 0 Å². The van der Waals surface area contributed by atoms with E-state index >= 15 is 0 Å². The fourth-order valence-electron chi connectivity index (χ4n) is 5.15. The number of likely N-dealkylation sites (tertiary alicyclic amines) is 1. The molecule has 5 rings (SSSR count). The van der Waals surface area contributed by atoms with Gasteiger partial charge < -0.3 is 9.47 Å². The molecule has 1 aromatic heterocycles. The molecular formula is C29H29Cl2N3O3S. The van der Waals surface area contributed by atoms with E-state index in [0.717, 1.165) is 66.1 Å². The van der Waals surface area contributed by atoms with Crippen molar-refractivity contribution in [2.24, 2.45) is 0 Å². The van der Waals surface area contributed by atoms with Crippen molar-refractivity contribution in [2.45, 2.75) is 52.1 Å². The molecule has 38 heavy (non-hydrogen) atoms. The van der Waals surface area contributed by atoms with Crippen LogP contribution < -0.4 is 0 Å². The molecule has 0 saturated carbocycles. The number of thioether (sulfide) groups is 1. The predicted octanol–water partition coefficient (Wildman–Crippen LogP) is 7.15. The van der Waals surface area contributed by atoms with Gasteiger partial charge >= 0.3 is 0 Å². The van der Waals surface area contributed by atoms with E-state index in [2.05, 4.69) is 13.0 Å². The monoisotopic (exact) mass is 569 g/mol. The molecule has 0 bridgehead atoms. The van der Waals surface area contributed by atoms with Crippen LogP contribution in [0.2, 0.25) is 10.0 Å². The molecule has 0 radical (unpaired) electrons. The Morgan fingerprint density at radius 1 is 1.03 bits per heavy atom. The number of carbonyl (C=O) groups is 3. The zero-order chi connectivity index (χ0) is 26.8. The highest BCUT2D eigenvalue weighted by atomic mass is 35.5. The first-order chi connectivity index (χ1) is 18.4. The van der Waals surface area contributed by atoms with Gasteiger partial charge in [-0.25, -0.2) is 0 Å². The van der Waals surface area contributed by atoms with Crippen LogP contribution in [0.25, 0.3) is 17.0 Å². The lowest BCUT2D eigenvalue weighted by atomic mass is 10.1. The van der Waals surface area contributed by atoms with Crippen LogP contribution in [-0.4, -0.2) is 44.5 Å². The van der Waals surface area contributed by atoms with Crippen molar-refractivity contribution in [1.29, 1.82) is 0 Å². The highest BCUT2D eigenvalue weighted by Crippen LogP contribution is 2.36. The highest BCUT2D eigenvalue weighted by molar-refractivity contribution is 8.18. The molecule has 2 aliphatic rings. The van der Waals surface area contributed by atoms with Crippen LogP contribution in [0.3, 0.4) is 0 Å². The topological polar surface area (TPSA) is 62.6 Å². The van der Waals surface area contributed by atoms with E-state index in [-0.39, 0.29) is 30.1 Å². The lowest BCUT2D eigenvalue weighted by Gasteiger charge is -2.21. The van der Waals surface area contributed by atoms with Gasteiger partial charge in [0.25, 0.3) is 11.1 Å². The normalized spacial score (nSPS) is 17.6. The summed E-state index contributed by atoms with van der Waals surface area (Å²) in [5.41, 5.74) is 3.60. The Bertz CT molecular complexity index is 1440. The van der Waals surface area contributed by atoms with Gasteiger partial charge in [0.05, 0.1) is 17.0 Å². The lowest BCUT2D eigenvalue weighted by Crippen LogP contribution is -2.34. The molecule has 3 amide bonds. The number of halogens is 2. The van der Waals surface area contributed by atoms with Crippen molar-refractivity contribution in [2.75, 3.05) is 13.1 Å². The minimum atomic E-state index is -0.362. The van der Waals surface area contributed by atoms with E-state index in [1.54, 1.807) is 24.3 Å². The molecule has 9 heteroatoms. The Balaban J connectivity index is 1.45. The molecule has 0 N–H and O–H groups in total. The summed E-state index contributed by atoms with van der Waals surface area (Å²) in [5.74, 6) is -0.249. The minimum absolute atomic E-state index is 0.0735. The lowest BCUT2D eigenvalue weighted by molar-refractivity contribution is -0.131. The number of para-hydroxylation sites is 1. The van der Waals surface area contributed by atoms with Crippen molar-refractivity contribution < 1.29 is 14.4 Å². The van der Waals surface area contributed by atoms with E-state index in [1.807, 2.05) is 27.8 Å². The smallest absolute Gasteiger partial charge is 0.293 e. The highest BCUT2D eigenvalue weighted by Gasteiger charge is 2.35. The SMILES string of the molecule is CCc1cccc2c(/C=C3\SC(=O)N(Cc4ccc(Cl)cc4Cl)C3=O)cn(CC(=O)N3CCCCCC3)c12. The van der Waals surface area contributed by atoms with Crippen molar-refractivity contribution in [3.05, 3.63) is 74.2 Å². The fraction of sp³-hybridized carbons (Fsp3) is 0.345. The fourth-order valence-corrected chi connectivity index (χ4v) is 6.45. The molecule has 0 spiro atoms. The van der Waals surface area contributed by atoms with Crippen molar-refractivity contribution in [1.82, 2.24) is 14.4 Å². The number of imide groups is 1. The first-order valence-electron chi connectivity index (χ1n) is 12.9. The maximum atomic E-state index is 13.3. The third-order valence-electron chi connectivity index (χ3n) is 7.16. The van der Waals surface area contributed by atoms with E-state index in [9.17, 15) is 14.4 Å². The summed E-state index contributed by atoms with van der Waals surface area (Å²) < 4.78 is 2.00. The maximum Gasteiger partial charge on any atom is 0.293 e. The van der Waals surface area contributed by atoms with Crippen molar-refractivity contribution >= 4 is 69.0 Å². The van der Waals surface area contributed by atoms with Gasteiger partial charge in [-0.05, 0) is 60.4 Å². The van der Waals surface area contributed by atoms with Gasteiger partial charge in [0.15, 0.2) is 0 Å². The average molecular weight is 571 g/mol. The number of aryl methyl sites for hydroxylation is 1. The summed E-state index contributed by atoms with van der Waals surface area (Å²) in [6.45, 7) is 4.02. The summed E-state index contributed by atoms with van der Waals surface area (Å²) in [7, 11) is 0. The van der Waals surface area contributed by atoms with Crippen LogP contribution in [0, 0.1) is 0 Å². The Kier molecular flexibility index (Phi) is 8.17. The second kappa shape index (κ2) is 11.6. The molecule has 2 aliphatic heterocycles. The molecule has 0 aliphatic carbocycles. The largest absolute Gasteiger partial charge is 0.341 e. The number of fused-ring (bicyclic) bond motifs is 1. The quantitative estimate of drug-likeness (QED) is 0.296. The van der Waals surface area contributed by atoms with Gasteiger partial charge in [0, 0.05) is 40.3 Å².